The van der Waals surface area contributed by atoms with Crippen molar-refractivity contribution in [1.29, 1.82) is 0 Å². The molecule has 0 fully saturated rings. The highest BCUT2D eigenvalue weighted by atomic mass is 28.5. The van der Waals surface area contributed by atoms with E-state index in [0.29, 0.717) is 12.5 Å². The van der Waals surface area contributed by atoms with Crippen LogP contribution in [0.2, 0.25) is 65.0 Å². The van der Waals surface area contributed by atoms with E-state index in [9.17, 15) is 4.79 Å². The lowest BCUT2D eigenvalue weighted by Crippen LogP contribution is -2.56. The first-order chi connectivity index (χ1) is 8.68. The highest BCUT2D eigenvalue weighted by molar-refractivity contribution is 6.89. The van der Waals surface area contributed by atoms with Gasteiger partial charge in [-0.1, -0.05) is 0 Å². The smallest absolute Gasteiger partial charge is 0.316 e. The summed E-state index contributed by atoms with van der Waals surface area (Å²) < 4.78 is 19.0. The molecular formula is C12H32O4Si4. The van der Waals surface area contributed by atoms with Gasteiger partial charge in [-0.15, -0.1) is 0 Å². The Bertz CT molecular complexity index is 322. The van der Waals surface area contributed by atoms with Crippen LogP contribution < -0.4 is 0 Å². The fourth-order valence-corrected chi connectivity index (χ4v) is 20.2. The van der Waals surface area contributed by atoms with Gasteiger partial charge in [-0.25, -0.2) is 0 Å². The highest BCUT2D eigenvalue weighted by Crippen LogP contribution is 2.27. The summed E-state index contributed by atoms with van der Waals surface area (Å²) in [5, 5.41) is 0. The number of carbonyl (C=O) groups is 1. The fourth-order valence-electron chi connectivity index (χ4n) is 2.37. The van der Waals surface area contributed by atoms with E-state index in [1.165, 1.54) is 0 Å². The quantitative estimate of drug-likeness (QED) is 0.463. The van der Waals surface area contributed by atoms with Crippen LogP contribution in [0.1, 0.15) is 6.42 Å². The maximum atomic E-state index is 10.7. The van der Waals surface area contributed by atoms with Crippen molar-refractivity contribution >= 4 is 40.0 Å². The van der Waals surface area contributed by atoms with E-state index < -0.39 is 33.8 Å². The maximum Gasteiger partial charge on any atom is 0.316 e. The summed E-state index contributed by atoms with van der Waals surface area (Å²) in [7, 11) is -7.91. The number of hydrogen-bond acceptors (Lipinski definition) is 4. The van der Waals surface area contributed by atoms with Gasteiger partial charge in [-0.2, -0.15) is 0 Å². The van der Waals surface area contributed by atoms with E-state index >= 15 is 0 Å². The zero-order valence-corrected chi connectivity index (χ0v) is 18.6. The van der Waals surface area contributed by atoms with E-state index in [4.69, 9.17) is 12.3 Å². The number of hydrogen-bond donors (Lipinski definition) is 0. The molecule has 0 amide bonds. The Balaban J connectivity index is 5.00. The van der Waals surface area contributed by atoms with Crippen LogP contribution >= 0.6 is 0 Å². The summed E-state index contributed by atoms with van der Waals surface area (Å²) in [6, 6.07) is 0.715. The molecule has 0 aromatic carbocycles. The summed E-state index contributed by atoms with van der Waals surface area (Å²) in [6.45, 7) is 19.3. The molecule has 1 atom stereocenters. The molecule has 120 valence electrons. The van der Waals surface area contributed by atoms with Gasteiger partial charge in [0.1, 0.15) is 6.29 Å². The molecule has 8 heteroatoms. The zero-order valence-electron chi connectivity index (χ0n) is 14.6. The fraction of sp³-hybridized carbons (Fsp3) is 0.917. The Labute approximate surface area is 129 Å². The molecule has 0 aromatic rings. The predicted octanol–water partition coefficient (Wildman–Crippen LogP) is 4.07. The third-order valence-corrected chi connectivity index (χ3v) is 15.7. The molecule has 0 radical (unpaired) electrons. The van der Waals surface area contributed by atoms with Gasteiger partial charge in [-0.05, 0) is 65.0 Å². The molecule has 0 spiro atoms. The molecule has 0 saturated heterocycles. The van der Waals surface area contributed by atoms with Crippen LogP contribution in [0.3, 0.4) is 0 Å². The molecular weight excluding hydrogens is 320 g/mol. The van der Waals surface area contributed by atoms with Crippen molar-refractivity contribution in [1.82, 2.24) is 0 Å². The maximum absolute atomic E-state index is 10.7. The molecule has 0 N–H and O–H groups in total. The Hall–Kier alpha value is 0.418. The van der Waals surface area contributed by atoms with Crippen LogP contribution in [0, 0.1) is 0 Å². The lowest BCUT2D eigenvalue weighted by Gasteiger charge is -2.41. The van der Waals surface area contributed by atoms with Crippen molar-refractivity contribution < 1.29 is 17.1 Å². The first-order valence-corrected chi connectivity index (χ1v) is 19.4. The molecule has 0 bridgehead atoms. The summed E-state index contributed by atoms with van der Waals surface area (Å²) in [4.78, 5) is 10.7. The Morgan fingerprint density at radius 2 is 1.20 bits per heavy atom. The second-order valence-corrected chi connectivity index (χ2v) is 24.2. The van der Waals surface area contributed by atoms with Gasteiger partial charge < -0.3 is 17.1 Å². The van der Waals surface area contributed by atoms with E-state index in [1.54, 1.807) is 0 Å². The van der Waals surface area contributed by atoms with Gasteiger partial charge in [0.25, 0.3) is 0 Å². The Kier molecular flexibility index (Phi) is 7.27. The first kappa shape index (κ1) is 20.4. The van der Waals surface area contributed by atoms with E-state index in [0.717, 1.165) is 6.29 Å². The van der Waals surface area contributed by atoms with Gasteiger partial charge in [0.15, 0.2) is 16.6 Å². The molecule has 0 aromatic heterocycles. The Morgan fingerprint density at radius 1 is 0.750 bits per heavy atom. The molecule has 20 heavy (non-hydrogen) atoms. The lowest BCUT2D eigenvalue weighted by molar-refractivity contribution is -0.107. The molecule has 0 heterocycles. The number of aldehydes is 1. The highest BCUT2D eigenvalue weighted by Gasteiger charge is 2.44. The Morgan fingerprint density at radius 3 is 1.55 bits per heavy atom. The average molecular weight is 353 g/mol. The van der Waals surface area contributed by atoms with E-state index in [-0.39, 0.29) is 0 Å². The monoisotopic (exact) mass is 352 g/mol. The molecule has 4 nitrogen and oxygen atoms in total. The van der Waals surface area contributed by atoms with Crippen LogP contribution in [-0.4, -0.2) is 40.0 Å². The standard InChI is InChI=1S/C12H32O4Si4/c1-17(2,3)14-19(7,8)16-20(9,12-10-11-13)15-18(4,5)6/h11H,10,12H2,1-9H3. The lowest BCUT2D eigenvalue weighted by atomic mass is 10.6. The summed E-state index contributed by atoms with van der Waals surface area (Å²) >= 11 is 0. The third kappa shape index (κ3) is 10.2. The minimum absolute atomic E-state index is 0.505. The number of rotatable bonds is 9. The minimum atomic E-state index is -2.35. The van der Waals surface area contributed by atoms with Crippen LogP contribution in [0.15, 0.2) is 0 Å². The van der Waals surface area contributed by atoms with Crippen LogP contribution in [0.25, 0.3) is 0 Å². The summed E-state index contributed by atoms with van der Waals surface area (Å²) in [6.07, 6.45) is 1.46. The van der Waals surface area contributed by atoms with Crippen molar-refractivity contribution in [2.45, 2.75) is 71.4 Å². The van der Waals surface area contributed by atoms with Crippen molar-refractivity contribution in [2.24, 2.45) is 0 Å². The minimum Gasteiger partial charge on any atom is -0.437 e. The molecule has 0 rings (SSSR count). The normalized spacial score (nSPS) is 16.9. The third-order valence-electron chi connectivity index (χ3n) is 2.25. The van der Waals surface area contributed by atoms with Gasteiger partial charge >= 0.3 is 17.1 Å². The summed E-state index contributed by atoms with van der Waals surface area (Å²) in [5.41, 5.74) is 0. The predicted molar refractivity (Wildman–Crippen MR) is 94.5 cm³/mol. The van der Waals surface area contributed by atoms with Crippen molar-refractivity contribution in [3.8, 4) is 0 Å². The van der Waals surface area contributed by atoms with E-state index in [2.05, 4.69) is 58.9 Å². The largest absolute Gasteiger partial charge is 0.437 e. The van der Waals surface area contributed by atoms with Crippen molar-refractivity contribution in [3.05, 3.63) is 0 Å². The topological polar surface area (TPSA) is 44.8 Å². The second-order valence-electron chi connectivity index (χ2n) is 7.77. The molecule has 0 aliphatic heterocycles. The molecule has 0 aliphatic carbocycles. The van der Waals surface area contributed by atoms with Crippen LogP contribution in [0.4, 0.5) is 0 Å². The van der Waals surface area contributed by atoms with Gasteiger partial charge in [-0.3, -0.25) is 0 Å². The summed E-state index contributed by atoms with van der Waals surface area (Å²) in [5.74, 6) is 0. The number of carbonyl (C=O) groups excluding carboxylic acids is 1. The van der Waals surface area contributed by atoms with Gasteiger partial charge in [0.2, 0.25) is 0 Å². The van der Waals surface area contributed by atoms with E-state index in [1.807, 2.05) is 0 Å². The second kappa shape index (κ2) is 7.12. The molecule has 1 unspecified atom stereocenters. The SMILES string of the molecule is C[Si](C)(C)O[Si](C)(C)O[Si](C)(CCC=O)O[Si](C)(C)C. The van der Waals surface area contributed by atoms with Gasteiger partial charge in [0, 0.05) is 6.42 Å². The molecule has 0 aliphatic rings. The van der Waals surface area contributed by atoms with Crippen molar-refractivity contribution in [3.63, 3.8) is 0 Å². The van der Waals surface area contributed by atoms with Crippen LogP contribution in [-0.2, 0) is 17.1 Å². The molecule has 0 saturated carbocycles. The zero-order chi connectivity index (χ0) is 16.2. The first-order valence-electron chi connectivity index (χ1n) is 7.22. The van der Waals surface area contributed by atoms with Gasteiger partial charge in [0.05, 0.1) is 0 Å². The van der Waals surface area contributed by atoms with Crippen LogP contribution in [0.5, 0.6) is 0 Å². The average Bonchev–Trinajstić information content (AvgIpc) is 2.05. The van der Waals surface area contributed by atoms with Crippen molar-refractivity contribution in [2.75, 3.05) is 0 Å².